The molecule has 1 unspecified atom stereocenters. The van der Waals surface area contributed by atoms with Crippen molar-refractivity contribution in [2.45, 2.75) is 19.0 Å². The number of nitrogens with one attached hydrogen (secondary N) is 1. The summed E-state index contributed by atoms with van der Waals surface area (Å²) in [5.41, 5.74) is 2.64. The molecule has 88 valence electrons. The fourth-order valence-corrected chi connectivity index (χ4v) is 2.05. The van der Waals surface area contributed by atoms with Crippen LogP contribution in [0.2, 0.25) is 0 Å². The lowest BCUT2D eigenvalue weighted by atomic mass is 9.96. The van der Waals surface area contributed by atoms with Crippen molar-refractivity contribution in [3.8, 4) is 5.75 Å². The van der Waals surface area contributed by atoms with Gasteiger partial charge in [-0.15, -0.1) is 0 Å². The van der Waals surface area contributed by atoms with Crippen LogP contribution < -0.4 is 10.1 Å². The second-order valence-electron chi connectivity index (χ2n) is 4.60. The van der Waals surface area contributed by atoms with E-state index >= 15 is 0 Å². The summed E-state index contributed by atoms with van der Waals surface area (Å²) in [5, 5.41) is 3.43. The molecule has 0 amide bonds. The van der Waals surface area contributed by atoms with Gasteiger partial charge in [-0.3, -0.25) is 0 Å². The first-order valence-electron chi connectivity index (χ1n) is 5.75. The fourth-order valence-electron chi connectivity index (χ4n) is 2.05. The zero-order chi connectivity index (χ0) is 11.5. The second kappa shape index (κ2) is 4.85. The molecule has 1 saturated heterocycles. The minimum absolute atomic E-state index is 0.548. The Bertz CT molecular complexity index is 359. The van der Waals surface area contributed by atoms with Gasteiger partial charge in [0.15, 0.2) is 0 Å². The molecule has 0 bridgehead atoms. The predicted molar refractivity (Wildman–Crippen MR) is 65.7 cm³/mol. The van der Waals surface area contributed by atoms with E-state index in [4.69, 9.17) is 4.74 Å². The van der Waals surface area contributed by atoms with Gasteiger partial charge in [0.25, 0.3) is 0 Å². The summed E-state index contributed by atoms with van der Waals surface area (Å²) in [6, 6.07) is 7.05. The van der Waals surface area contributed by atoms with Crippen LogP contribution in [0.3, 0.4) is 0 Å². The van der Waals surface area contributed by atoms with E-state index in [0.29, 0.717) is 6.04 Å². The molecule has 1 atom stereocenters. The summed E-state index contributed by atoms with van der Waals surface area (Å²) < 4.78 is 5.39. The van der Waals surface area contributed by atoms with Gasteiger partial charge in [0.1, 0.15) is 5.75 Å². The van der Waals surface area contributed by atoms with Crippen molar-refractivity contribution in [1.29, 1.82) is 0 Å². The third-order valence-corrected chi connectivity index (χ3v) is 3.02. The Hall–Kier alpha value is -1.06. The van der Waals surface area contributed by atoms with Crippen LogP contribution in [-0.4, -0.2) is 32.6 Å². The van der Waals surface area contributed by atoms with Gasteiger partial charge in [-0.2, -0.15) is 0 Å². The molecule has 0 saturated carbocycles. The van der Waals surface area contributed by atoms with Crippen LogP contribution in [0.5, 0.6) is 5.75 Å². The number of ether oxygens (including phenoxy) is 1. The van der Waals surface area contributed by atoms with Crippen LogP contribution in [0, 0.1) is 0 Å². The first-order valence-corrected chi connectivity index (χ1v) is 5.75. The van der Waals surface area contributed by atoms with E-state index in [1.54, 1.807) is 7.11 Å². The van der Waals surface area contributed by atoms with Crippen molar-refractivity contribution in [3.05, 3.63) is 29.3 Å². The molecule has 1 fully saturated rings. The van der Waals surface area contributed by atoms with E-state index < -0.39 is 0 Å². The Morgan fingerprint density at radius 2 is 2.19 bits per heavy atom. The van der Waals surface area contributed by atoms with Gasteiger partial charge in [-0.1, -0.05) is 6.07 Å². The van der Waals surface area contributed by atoms with E-state index in [1.165, 1.54) is 17.5 Å². The van der Waals surface area contributed by atoms with Gasteiger partial charge < -0.3 is 15.0 Å². The topological polar surface area (TPSA) is 24.5 Å². The minimum Gasteiger partial charge on any atom is -0.496 e. The molecule has 0 aliphatic carbocycles. The van der Waals surface area contributed by atoms with Crippen LogP contribution >= 0.6 is 0 Å². The summed E-state index contributed by atoms with van der Waals surface area (Å²) in [5.74, 6) is 0.983. The molecule has 2 rings (SSSR count). The minimum atomic E-state index is 0.548. The van der Waals surface area contributed by atoms with Crippen LogP contribution in [-0.2, 0) is 6.54 Å². The highest BCUT2D eigenvalue weighted by molar-refractivity contribution is 5.39. The lowest BCUT2D eigenvalue weighted by Crippen LogP contribution is -2.35. The van der Waals surface area contributed by atoms with Crippen molar-refractivity contribution in [3.63, 3.8) is 0 Å². The quantitative estimate of drug-likeness (QED) is 0.837. The highest BCUT2D eigenvalue weighted by atomic mass is 16.5. The Morgan fingerprint density at radius 1 is 1.44 bits per heavy atom. The molecule has 3 heteroatoms. The van der Waals surface area contributed by atoms with Gasteiger partial charge >= 0.3 is 0 Å². The summed E-state index contributed by atoms with van der Waals surface area (Å²) >= 11 is 0. The molecule has 1 N–H and O–H groups in total. The Morgan fingerprint density at radius 3 is 2.69 bits per heavy atom. The molecule has 1 aliphatic heterocycles. The number of hydrogen-bond donors (Lipinski definition) is 1. The fraction of sp³-hybridized carbons (Fsp3) is 0.538. The molecular weight excluding hydrogens is 200 g/mol. The third kappa shape index (κ3) is 2.36. The summed E-state index contributed by atoms with van der Waals surface area (Å²) in [6.07, 6.45) is 1.24. The summed E-state index contributed by atoms with van der Waals surface area (Å²) in [7, 11) is 5.89. The monoisotopic (exact) mass is 220 g/mol. The van der Waals surface area contributed by atoms with Gasteiger partial charge in [0.2, 0.25) is 0 Å². The lowest BCUT2D eigenvalue weighted by Gasteiger charge is -2.29. The Balaban J connectivity index is 2.22. The Labute approximate surface area is 97.4 Å². The number of methoxy groups -OCH3 is 1. The zero-order valence-corrected chi connectivity index (χ0v) is 10.3. The number of nitrogens with zero attached hydrogens (tertiary/aromatic N) is 1. The van der Waals surface area contributed by atoms with Crippen molar-refractivity contribution >= 4 is 0 Å². The molecule has 1 aliphatic rings. The van der Waals surface area contributed by atoms with Gasteiger partial charge in [-0.25, -0.2) is 0 Å². The van der Waals surface area contributed by atoms with E-state index in [1.807, 2.05) is 0 Å². The summed E-state index contributed by atoms with van der Waals surface area (Å²) in [4.78, 5) is 2.16. The van der Waals surface area contributed by atoms with Crippen molar-refractivity contribution in [2.75, 3.05) is 27.7 Å². The molecular formula is C13H20N2O. The highest BCUT2D eigenvalue weighted by Crippen LogP contribution is 2.28. The number of rotatable bonds is 4. The van der Waals surface area contributed by atoms with Crippen LogP contribution in [0.25, 0.3) is 0 Å². The van der Waals surface area contributed by atoms with E-state index in [9.17, 15) is 0 Å². The maximum absolute atomic E-state index is 5.39. The smallest absolute Gasteiger partial charge is 0.123 e. The molecule has 16 heavy (non-hydrogen) atoms. The highest BCUT2D eigenvalue weighted by Gasteiger charge is 2.19. The molecule has 1 heterocycles. The van der Waals surface area contributed by atoms with E-state index in [0.717, 1.165) is 18.8 Å². The van der Waals surface area contributed by atoms with E-state index in [-0.39, 0.29) is 0 Å². The number of benzene rings is 1. The van der Waals surface area contributed by atoms with Gasteiger partial charge in [-0.05, 0) is 44.8 Å². The standard InChI is InChI=1S/C13H20N2O/c1-15(2)9-11-8-10(12-6-7-14-12)4-5-13(11)16-3/h4-5,8,12,14H,6-7,9H2,1-3H3. The SMILES string of the molecule is COc1ccc(C2CCN2)cc1CN(C)C. The molecule has 3 nitrogen and oxygen atoms in total. The first-order chi connectivity index (χ1) is 7.70. The maximum Gasteiger partial charge on any atom is 0.123 e. The Kier molecular flexibility index (Phi) is 3.46. The van der Waals surface area contributed by atoms with Crippen molar-refractivity contribution in [2.24, 2.45) is 0 Å². The van der Waals surface area contributed by atoms with E-state index in [2.05, 4.69) is 42.5 Å². The van der Waals surface area contributed by atoms with Crippen LogP contribution in [0.1, 0.15) is 23.6 Å². The molecule has 1 aromatic carbocycles. The predicted octanol–water partition coefficient (Wildman–Crippen LogP) is 1.79. The lowest BCUT2D eigenvalue weighted by molar-refractivity contribution is 0.365. The average molecular weight is 220 g/mol. The normalized spacial score (nSPS) is 19.6. The molecule has 0 radical (unpaired) electrons. The molecule has 1 aromatic rings. The van der Waals surface area contributed by atoms with Gasteiger partial charge in [0, 0.05) is 18.2 Å². The molecule has 0 aromatic heterocycles. The van der Waals surface area contributed by atoms with Gasteiger partial charge in [0.05, 0.1) is 7.11 Å². The largest absolute Gasteiger partial charge is 0.496 e. The maximum atomic E-state index is 5.39. The van der Waals surface area contributed by atoms with Crippen LogP contribution in [0.15, 0.2) is 18.2 Å². The summed E-state index contributed by atoms with van der Waals surface area (Å²) in [6.45, 7) is 2.06. The molecule has 0 spiro atoms. The average Bonchev–Trinajstić information content (AvgIpc) is 2.14. The van der Waals surface area contributed by atoms with Crippen molar-refractivity contribution < 1.29 is 4.74 Å². The van der Waals surface area contributed by atoms with Crippen LogP contribution in [0.4, 0.5) is 0 Å². The zero-order valence-electron chi connectivity index (χ0n) is 10.3. The number of hydrogen-bond acceptors (Lipinski definition) is 3. The third-order valence-electron chi connectivity index (χ3n) is 3.02. The second-order valence-corrected chi connectivity index (χ2v) is 4.60. The first kappa shape index (κ1) is 11.4. The van der Waals surface area contributed by atoms with Crippen molar-refractivity contribution in [1.82, 2.24) is 10.2 Å².